The van der Waals surface area contributed by atoms with E-state index in [0.29, 0.717) is 38.1 Å². The summed E-state index contributed by atoms with van der Waals surface area (Å²) >= 11 is 11.5. The van der Waals surface area contributed by atoms with Crippen molar-refractivity contribution in [3.8, 4) is 0 Å². The van der Waals surface area contributed by atoms with E-state index in [1.807, 2.05) is 0 Å². The lowest BCUT2D eigenvalue weighted by Crippen LogP contribution is -2.49. The first-order valence-electron chi connectivity index (χ1n) is 6.21. The van der Waals surface area contributed by atoms with Gasteiger partial charge < -0.3 is 9.26 Å². The highest BCUT2D eigenvalue weighted by Crippen LogP contribution is 2.51. The Balaban J connectivity index is 2.03. The molecular weight excluding hydrogens is 298 g/mol. The summed E-state index contributed by atoms with van der Waals surface area (Å²) in [5, 5.41) is 3.02. The van der Waals surface area contributed by atoms with Crippen LogP contribution in [0.3, 0.4) is 0 Å². The lowest BCUT2D eigenvalue weighted by molar-refractivity contribution is -0.0650. The SMILES string of the molecule is O=[P@]1(N(CCCl)CCCl)N[C@H]2OCCC[C@@H]2CO1. The third kappa shape index (κ3) is 3.40. The van der Waals surface area contributed by atoms with Crippen LogP contribution in [0, 0.1) is 5.92 Å². The normalized spacial score (nSPS) is 36.6. The molecule has 8 heteroatoms. The van der Waals surface area contributed by atoms with Crippen LogP contribution < -0.4 is 5.09 Å². The molecule has 2 saturated heterocycles. The second kappa shape index (κ2) is 6.89. The Morgan fingerprint density at radius 3 is 2.72 bits per heavy atom. The van der Waals surface area contributed by atoms with Gasteiger partial charge in [0.05, 0.1) is 6.61 Å². The molecule has 0 aromatic heterocycles. The predicted octanol–water partition coefficient (Wildman–Crippen LogP) is 2.25. The Kier molecular flexibility index (Phi) is 5.76. The highest BCUT2D eigenvalue weighted by molar-refractivity contribution is 7.54. The van der Waals surface area contributed by atoms with Crippen LogP contribution in [0.5, 0.6) is 0 Å². The van der Waals surface area contributed by atoms with Gasteiger partial charge in [-0.3, -0.25) is 4.57 Å². The number of halogens is 2. The quantitative estimate of drug-likeness (QED) is 0.622. The van der Waals surface area contributed by atoms with E-state index in [1.54, 1.807) is 4.67 Å². The molecule has 0 bridgehead atoms. The molecule has 0 saturated carbocycles. The van der Waals surface area contributed by atoms with Crippen molar-refractivity contribution in [2.45, 2.75) is 19.1 Å². The summed E-state index contributed by atoms with van der Waals surface area (Å²) in [7, 11) is -3.06. The molecule has 2 rings (SSSR count). The number of rotatable bonds is 5. The number of ether oxygens (including phenoxy) is 1. The summed E-state index contributed by atoms with van der Waals surface area (Å²) in [5.74, 6) is 1.07. The van der Waals surface area contributed by atoms with Crippen molar-refractivity contribution in [2.75, 3.05) is 38.1 Å². The van der Waals surface area contributed by atoms with E-state index in [4.69, 9.17) is 32.5 Å². The number of hydrogen-bond acceptors (Lipinski definition) is 3. The zero-order valence-electron chi connectivity index (χ0n) is 10.2. The van der Waals surface area contributed by atoms with Gasteiger partial charge in [-0.15, -0.1) is 23.2 Å². The van der Waals surface area contributed by atoms with E-state index in [2.05, 4.69) is 5.09 Å². The first-order chi connectivity index (χ1) is 8.69. The highest BCUT2D eigenvalue weighted by atomic mass is 35.5. The van der Waals surface area contributed by atoms with Crippen molar-refractivity contribution in [3.63, 3.8) is 0 Å². The first kappa shape index (κ1) is 15.0. The highest BCUT2D eigenvalue weighted by Gasteiger charge is 2.43. The molecule has 2 heterocycles. The zero-order chi connectivity index (χ0) is 13.0. The summed E-state index contributed by atoms with van der Waals surface area (Å²) in [6, 6.07) is 0. The lowest BCUT2D eigenvalue weighted by atomic mass is 10.0. The van der Waals surface area contributed by atoms with E-state index in [9.17, 15) is 4.57 Å². The molecular formula is C10H19Cl2N2O3P. The van der Waals surface area contributed by atoms with Crippen molar-refractivity contribution >= 4 is 30.9 Å². The molecule has 106 valence electrons. The maximum absolute atomic E-state index is 12.8. The molecule has 2 aliphatic heterocycles. The number of hydrogen-bond donors (Lipinski definition) is 1. The van der Waals surface area contributed by atoms with Crippen LogP contribution in [-0.4, -0.2) is 49.0 Å². The van der Waals surface area contributed by atoms with Gasteiger partial charge in [0.1, 0.15) is 6.23 Å². The van der Waals surface area contributed by atoms with E-state index in [0.717, 1.165) is 12.8 Å². The number of nitrogens with zero attached hydrogens (tertiary/aromatic N) is 1. The topological polar surface area (TPSA) is 50.8 Å². The van der Waals surface area contributed by atoms with E-state index < -0.39 is 7.67 Å². The minimum Gasteiger partial charge on any atom is -0.362 e. The van der Waals surface area contributed by atoms with Gasteiger partial charge in [0.2, 0.25) is 0 Å². The fourth-order valence-corrected chi connectivity index (χ4v) is 5.06. The van der Waals surface area contributed by atoms with Crippen molar-refractivity contribution < 1.29 is 13.8 Å². The van der Waals surface area contributed by atoms with Gasteiger partial charge in [-0.25, -0.2) is 9.76 Å². The standard InChI is InChI=1S/C10H19Cl2N2O3P/c11-3-5-14(6-4-12)18(15)13-10-9(8-17-18)2-1-7-16-10/h9-10H,1-8H2,(H,13,15)/t9-,10+,18-/m1/s1. The molecule has 0 spiro atoms. The van der Waals surface area contributed by atoms with Crippen LogP contribution in [-0.2, 0) is 13.8 Å². The van der Waals surface area contributed by atoms with Gasteiger partial charge in [-0.05, 0) is 12.8 Å². The summed E-state index contributed by atoms with van der Waals surface area (Å²) in [5.41, 5.74) is 0. The molecule has 0 radical (unpaired) electrons. The van der Waals surface area contributed by atoms with Gasteiger partial charge in [-0.1, -0.05) is 0 Å². The third-order valence-corrected chi connectivity index (χ3v) is 5.82. The number of fused-ring (bicyclic) bond motifs is 1. The third-order valence-electron chi connectivity index (χ3n) is 3.26. The fourth-order valence-electron chi connectivity index (χ4n) is 2.29. The van der Waals surface area contributed by atoms with Gasteiger partial charge in [0.15, 0.2) is 0 Å². The second-order valence-electron chi connectivity index (χ2n) is 4.47. The Morgan fingerprint density at radius 2 is 2.06 bits per heavy atom. The van der Waals surface area contributed by atoms with Gasteiger partial charge in [0.25, 0.3) is 0 Å². The minimum atomic E-state index is -3.06. The maximum atomic E-state index is 12.8. The number of nitrogens with one attached hydrogen (secondary N) is 1. The summed E-state index contributed by atoms with van der Waals surface area (Å²) in [6.45, 7) is 2.14. The molecule has 0 amide bonds. The Bertz CT molecular complexity index is 315. The van der Waals surface area contributed by atoms with Crippen molar-refractivity contribution in [3.05, 3.63) is 0 Å². The smallest absolute Gasteiger partial charge is 0.345 e. The second-order valence-corrected chi connectivity index (χ2v) is 7.35. The molecule has 3 atom stereocenters. The molecule has 0 aromatic rings. The van der Waals surface area contributed by atoms with Crippen molar-refractivity contribution in [1.82, 2.24) is 9.76 Å². The Labute approximate surface area is 118 Å². The summed E-state index contributed by atoms with van der Waals surface area (Å²) in [4.78, 5) is 0. The van der Waals surface area contributed by atoms with E-state index in [-0.39, 0.29) is 12.1 Å². The van der Waals surface area contributed by atoms with Gasteiger partial charge >= 0.3 is 7.67 Å². The van der Waals surface area contributed by atoms with Crippen molar-refractivity contribution in [1.29, 1.82) is 0 Å². The van der Waals surface area contributed by atoms with Crippen LogP contribution in [0.25, 0.3) is 0 Å². The van der Waals surface area contributed by atoms with E-state index >= 15 is 0 Å². The Morgan fingerprint density at radius 1 is 1.33 bits per heavy atom. The molecule has 2 aliphatic rings. The van der Waals surface area contributed by atoms with Crippen molar-refractivity contribution in [2.24, 2.45) is 5.92 Å². The fraction of sp³-hybridized carbons (Fsp3) is 1.00. The molecule has 0 aromatic carbocycles. The largest absolute Gasteiger partial charge is 0.362 e. The van der Waals surface area contributed by atoms with Crippen LogP contribution >= 0.6 is 30.9 Å². The maximum Gasteiger partial charge on any atom is 0.345 e. The average Bonchev–Trinajstić information content (AvgIpc) is 2.38. The molecule has 18 heavy (non-hydrogen) atoms. The predicted molar refractivity (Wildman–Crippen MR) is 72.2 cm³/mol. The van der Waals surface area contributed by atoms with Gasteiger partial charge in [0, 0.05) is 37.4 Å². The Hall–Kier alpha value is 0.650. The molecule has 5 nitrogen and oxygen atoms in total. The first-order valence-corrected chi connectivity index (χ1v) is 8.85. The average molecular weight is 317 g/mol. The van der Waals surface area contributed by atoms with Crippen LogP contribution in [0.1, 0.15) is 12.8 Å². The minimum absolute atomic E-state index is 0.175. The lowest BCUT2D eigenvalue weighted by Gasteiger charge is -2.42. The van der Waals surface area contributed by atoms with E-state index in [1.165, 1.54) is 0 Å². The molecule has 0 aliphatic carbocycles. The van der Waals surface area contributed by atoms with Crippen LogP contribution in [0.4, 0.5) is 0 Å². The molecule has 2 fully saturated rings. The zero-order valence-corrected chi connectivity index (χ0v) is 12.6. The monoisotopic (exact) mass is 316 g/mol. The summed E-state index contributed by atoms with van der Waals surface area (Å²) < 4.78 is 25.7. The molecule has 1 N–H and O–H groups in total. The summed E-state index contributed by atoms with van der Waals surface area (Å²) in [6.07, 6.45) is 1.90. The number of alkyl halides is 2. The van der Waals surface area contributed by atoms with Gasteiger partial charge in [-0.2, -0.15) is 0 Å². The van der Waals surface area contributed by atoms with Crippen LogP contribution in [0.2, 0.25) is 0 Å². The molecule has 0 unspecified atom stereocenters. The van der Waals surface area contributed by atoms with Crippen LogP contribution in [0.15, 0.2) is 0 Å².